The Labute approximate surface area is 129 Å². The highest BCUT2D eigenvalue weighted by Crippen LogP contribution is 2.35. The van der Waals surface area contributed by atoms with E-state index < -0.39 is 0 Å². The monoisotopic (exact) mass is 306 g/mol. The van der Waals surface area contributed by atoms with E-state index in [0.717, 1.165) is 28.5 Å². The van der Waals surface area contributed by atoms with Crippen LogP contribution in [0.5, 0.6) is 0 Å². The number of unbranched alkanes of at least 4 members (excludes halogenated alkanes) is 1. The molecule has 4 nitrogen and oxygen atoms in total. The number of fused-ring (bicyclic) bond motifs is 1. The molecule has 1 aromatic carbocycles. The molecule has 0 atom stereocenters. The van der Waals surface area contributed by atoms with Crippen molar-refractivity contribution in [2.45, 2.75) is 26.7 Å². The Bertz CT molecular complexity index is 636. The molecule has 0 aliphatic carbocycles. The standard InChI is InChI=1S/C16H22N2O2S/c1-3-4-7-18(8-9-19)16(20)15-14(17)12-10-11(2)5-6-13(12)21-15/h5-6,10,19H,3-4,7-9,17H2,1-2H3. The molecule has 0 unspecified atom stereocenters. The Morgan fingerprint density at radius 3 is 2.81 bits per heavy atom. The molecule has 1 heterocycles. The summed E-state index contributed by atoms with van der Waals surface area (Å²) in [5, 5.41) is 10.1. The molecular weight excluding hydrogens is 284 g/mol. The third-order valence-electron chi connectivity index (χ3n) is 3.51. The van der Waals surface area contributed by atoms with E-state index in [2.05, 4.69) is 6.92 Å². The smallest absolute Gasteiger partial charge is 0.266 e. The zero-order chi connectivity index (χ0) is 15.4. The van der Waals surface area contributed by atoms with Gasteiger partial charge in [-0.05, 0) is 25.5 Å². The van der Waals surface area contributed by atoms with Gasteiger partial charge >= 0.3 is 0 Å². The van der Waals surface area contributed by atoms with Gasteiger partial charge in [-0.15, -0.1) is 11.3 Å². The molecule has 2 rings (SSSR count). The van der Waals surface area contributed by atoms with Crippen LogP contribution in [0.4, 0.5) is 5.69 Å². The Morgan fingerprint density at radius 1 is 1.38 bits per heavy atom. The molecule has 0 fully saturated rings. The van der Waals surface area contributed by atoms with E-state index in [0.29, 0.717) is 23.7 Å². The Balaban J connectivity index is 2.34. The van der Waals surface area contributed by atoms with Crippen molar-refractivity contribution in [3.05, 3.63) is 28.6 Å². The maximum absolute atomic E-state index is 12.7. The van der Waals surface area contributed by atoms with Crippen LogP contribution in [0.15, 0.2) is 18.2 Å². The van der Waals surface area contributed by atoms with Gasteiger partial charge in [0.25, 0.3) is 5.91 Å². The summed E-state index contributed by atoms with van der Waals surface area (Å²) in [6, 6.07) is 6.04. The molecular formula is C16H22N2O2S. The number of nitrogen functional groups attached to an aromatic ring is 1. The van der Waals surface area contributed by atoms with Crippen LogP contribution in [-0.2, 0) is 0 Å². The van der Waals surface area contributed by atoms with Crippen molar-refractivity contribution in [1.82, 2.24) is 4.90 Å². The Kier molecular flexibility index (Phi) is 5.20. The second-order valence-corrected chi connectivity index (χ2v) is 6.27. The molecule has 0 aliphatic heterocycles. The Morgan fingerprint density at radius 2 is 2.14 bits per heavy atom. The number of aliphatic hydroxyl groups is 1. The number of carbonyl (C=O) groups excluding carboxylic acids is 1. The number of anilines is 1. The van der Waals surface area contributed by atoms with Gasteiger partial charge in [0.1, 0.15) is 4.88 Å². The summed E-state index contributed by atoms with van der Waals surface area (Å²) >= 11 is 1.43. The van der Waals surface area contributed by atoms with Crippen molar-refractivity contribution in [2.24, 2.45) is 0 Å². The van der Waals surface area contributed by atoms with Gasteiger partial charge in [0.2, 0.25) is 0 Å². The predicted molar refractivity (Wildman–Crippen MR) is 88.9 cm³/mol. The van der Waals surface area contributed by atoms with E-state index in [1.807, 2.05) is 25.1 Å². The molecule has 0 saturated heterocycles. The van der Waals surface area contributed by atoms with E-state index in [4.69, 9.17) is 10.8 Å². The normalized spacial score (nSPS) is 11.0. The summed E-state index contributed by atoms with van der Waals surface area (Å²) in [7, 11) is 0. The van der Waals surface area contributed by atoms with Crippen LogP contribution in [0.1, 0.15) is 35.0 Å². The maximum atomic E-state index is 12.7. The number of benzene rings is 1. The van der Waals surface area contributed by atoms with Gasteiger partial charge in [0, 0.05) is 23.2 Å². The lowest BCUT2D eigenvalue weighted by molar-refractivity contribution is 0.0725. The Hall–Kier alpha value is -1.59. The second kappa shape index (κ2) is 6.91. The van der Waals surface area contributed by atoms with E-state index >= 15 is 0 Å². The van der Waals surface area contributed by atoms with Crippen LogP contribution < -0.4 is 5.73 Å². The first-order valence-corrected chi connectivity index (χ1v) is 8.08. The summed E-state index contributed by atoms with van der Waals surface area (Å²) in [5.41, 5.74) is 7.86. The summed E-state index contributed by atoms with van der Waals surface area (Å²) in [4.78, 5) is 14.9. The molecule has 21 heavy (non-hydrogen) atoms. The van der Waals surface area contributed by atoms with Crippen molar-refractivity contribution in [2.75, 3.05) is 25.4 Å². The molecule has 3 N–H and O–H groups in total. The molecule has 0 saturated carbocycles. The van der Waals surface area contributed by atoms with Crippen LogP contribution in [0.25, 0.3) is 10.1 Å². The summed E-state index contributed by atoms with van der Waals surface area (Å²) < 4.78 is 1.03. The number of hydrogen-bond donors (Lipinski definition) is 2. The minimum Gasteiger partial charge on any atom is -0.397 e. The lowest BCUT2D eigenvalue weighted by atomic mass is 10.1. The zero-order valence-electron chi connectivity index (χ0n) is 12.6. The minimum absolute atomic E-state index is 0.0284. The molecule has 0 aliphatic rings. The second-order valence-electron chi connectivity index (χ2n) is 5.21. The van der Waals surface area contributed by atoms with Crippen LogP contribution in [0.3, 0.4) is 0 Å². The largest absolute Gasteiger partial charge is 0.397 e. The van der Waals surface area contributed by atoms with E-state index in [1.165, 1.54) is 11.3 Å². The predicted octanol–water partition coefficient (Wildman–Crippen LogP) is 3.03. The lowest BCUT2D eigenvalue weighted by Gasteiger charge is -2.21. The average molecular weight is 306 g/mol. The van der Waals surface area contributed by atoms with Gasteiger partial charge in [-0.1, -0.05) is 25.0 Å². The van der Waals surface area contributed by atoms with E-state index in [9.17, 15) is 4.79 Å². The summed E-state index contributed by atoms with van der Waals surface area (Å²) in [5.74, 6) is -0.0751. The first-order valence-electron chi connectivity index (χ1n) is 7.27. The molecule has 0 spiro atoms. The molecule has 0 bridgehead atoms. The average Bonchev–Trinajstić information content (AvgIpc) is 2.80. The fourth-order valence-corrected chi connectivity index (χ4v) is 3.39. The topological polar surface area (TPSA) is 66.6 Å². The third-order valence-corrected chi connectivity index (χ3v) is 4.69. The van der Waals surface area contributed by atoms with Crippen LogP contribution in [-0.4, -0.2) is 35.6 Å². The number of amides is 1. The number of carbonyl (C=O) groups is 1. The molecule has 5 heteroatoms. The molecule has 114 valence electrons. The number of aliphatic hydroxyl groups excluding tert-OH is 1. The number of nitrogens with zero attached hydrogens (tertiary/aromatic N) is 1. The van der Waals surface area contributed by atoms with E-state index in [1.54, 1.807) is 4.90 Å². The van der Waals surface area contributed by atoms with Crippen LogP contribution in [0.2, 0.25) is 0 Å². The summed E-state index contributed by atoms with van der Waals surface area (Å²) in [6.45, 7) is 5.07. The number of aryl methyl sites for hydroxylation is 1. The van der Waals surface area contributed by atoms with Gasteiger partial charge in [-0.25, -0.2) is 0 Å². The first kappa shape index (κ1) is 15.8. The van der Waals surface area contributed by atoms with Crippen molar-refractivity contribution < 1.29 is 9.90 Å². The van der Waals surface area contributed by atoms with Crippen LogP contribution in [0, 0.1) is 6.92 Å². The number of rotatable bonds is 6. The quantitative estimate of drug-likeness (QED) is 0.862. The SMILES string of the molecule is CCCCN(CCO)C(=O)c1sc2ccc(C)cc2c1N. The van der Waals surface area contributed by atoms with Gasteiger partial charge in [0.05, 0.1) is 12.3 Å². The van der Waals surface area contributed by atoms with Gasteiger partial charge in [0.15, 0.2) is 0 Å². The van der Waals surface area contributed by atoms with Crippen molar-refractivity contribution in [1.29, 1.82) is 0 Å². The van der Waals surface area contributed by atoms with Crippen LogP contribution >= 0.6 is 11.3 Å². The number of thiophene rings is 1. The van der Waals surface area contributed by atoms with Crippen molar-refractivity contribution in [3.8, 4) is 0 Å². The highest BCUT2D eigenvalue weighted by molar-refractivity contribution is 7.21. The first-order chi connectivity index (χ1) is 10.1. The molecule has 1 aromatic heterocycles. The fraction of sp³-hybridized carbons (Fsp3) is 0.438. The number of hydrogen-bond acceptors (Lipinski definition) is 4. The maximum Gasteiger partial charge on any atom is 0.266 e. The third kappa shape index (κ3) is 3.36. The van der Waals surface area contributed by atoms with E-state index in [-0.39, 0.29) is 12.5 Å². The zero-order valence-corrected chi connectivity index (χ0v) is 13.4. The molecule has 0 radical (unpaired) electrons. The fourth-order valence-electron chi connectivity index (χ4n) is 2.32. The summed E-state index contributed by atoms with van der Waals surface area (Å²) in [6.07, 6.45) is 1.94. The van der Waals surface area contributed by atoms with Gasteiger partial charge in [-0.2, -0.15) is 0 Å². The number of nitrogens with two attached hydrogens (primary N) is 1. The molecule has 1 amide bonds. The van der Waals surface area contributed by atoms with Crippen molar-refractivity contribution in [3.63, 3.8) is 0 Å². The van der Waals surface area contributed by atoms with Gasteiger partial charge < -0.3 is 15.7 Å². The highest BCUT2D eigenvalue weighted by atomic mass is 32.1. The highest BCUT2D eigenvalue weighted by Gasteiger charge is 2.21. The lowest BCUT2D eigenvalue weighted by Crippen LogP contribution is -2.34. The van der Waals surface area contributed by atoms with Crippen molar-refractivity contribution >= 4 is 33.0 Å². The van der Waals surface area contributed by atoms with Gasteiger partial charge in [-0.3, -0.25) is 4.79 Å². The minimum atomic E-state index is -0.0751. The molecule has 2 aromatic rings.